The molecule has 0 N–H and O–H groups in total. The van der Waals surface area contributed by atoms with Crippen LogP contribution in [0.1, 0.15) is 5.56 Å². The van der Waals surface area contributed by atoms with Crippen molar-refractivity contribution in [2.24, 2.45) is 0 Å². The fraction of sp³-hybridized carbons (Fsp3) is 0.100. The Balaban J connectivity index is 2.99. The molecule has 0 bridgehead atoms. The van der Waals surface area contributed by atoms with E-state index < -0.39 is 14.7 Å². The summed E-state index contributed by atoms with van der Waals surface area (Å²) < 4.78 is 27.5. The largest absolute Gasteiger partial charge is 0.422 e. The zero-order valence-electron chi connectivity index (χ0n) is 8.23. The second-order valence-electron chi connectivity index (χ2n) is 3.32. The van der Waals surface area contributed by atoms with Crippen molar-refractivity contribution in [2.45, 2.75) is 11.8 Å². The lowest BCUT2D eigenvalue weighted by molar-refractivity contribution is 0.554. The number of fused-ring (bicyclic) bond motifs is 1. The molecule has 0 atom stereocenters. The van der Waals surface area contributed by atoms with E-state index in [0.29, 0.717) is 10.9 Å². The van der Waals surface area contributed by atoms with Gasteiger partial charge in [-0.2, -0.15) is 0 Å². The maximum Gasteiger partial charge on any atom is 0.339 e. The van der Waals surface area contributed by atoms with Gasteiger partial charge >= 0.3 is 5.63 Å². The molecule has 2 aromatic rings. The van der Waals surface area contributed by atoms with E-state index in [2.05, 4.69) is 0 Å². The smallest absolute Gasteiger partial charge is 0.339 e. The van der Waals surface area contributed by atoms with Gasteiger partial charge in [0.25, 0.3) is 9.05 Å². The molecule has 1 aromatic heterocycles. The third-order valence-corrected chi connectivity index (χ3v) is 3.55. The molecule has 2 rings (SSSR count). The van der Waals surface area contributed by atoms with Crippen molar-refractivity contribution < 1.29 is 12.8 Å². The number of halogens is 1. The first kappa shape index (κ1) is 11.2. The maximum absolute atomic E-state index is 11.3. The van der Waals surface area contributed by atoms with Gasteiger partial charge in [0.2, 0.25) is 0 Å². The number of aryl methyl sites for hydroxylation is 1. The molecular weight excluding hydrogens is 252 g/mol. The molecule has 0 radical (unpaired) electrons. The van der Waals surface area contributed by atoms with Crippen molar-refractivity contribution in [3.05, 3.63) is 40.2 Å². The molecule has 0 saturated heterocycles. The fourth-order valence-electron chi connectivity index (χ4n) is 1.42. The third kappa shape index (κ3) is 1.83. The van der Waals surface area contributed by atoms with Crippen LogP contribution >= 0.6 is 10.7 Å². The van der Waals surface area contributed by atoms with E-state index in [9.17, 15) is 13.2 Å². The number of rotatable bonds is 1. The first-order chi connectivity index (χ1) is 7.39. The van der Waals surface area contributed by atoms with E-state index in [1.807, 2.05) is 0 Å². The highest BCUT2D eigenvalue weighted by molar-refractivity contribution is 8.14. The molecular formula is C10H7ClO4S. The molecule has 0 aliphatic carbocycles. The standard InChI is InChI=1S/C10H7ClO4S/c1-6-5-7-8(15-10(6)12)3-2-4-9(7)16(11,13)14/h2-5H,1H3. The minimum absolute atomic E-state index is 0.0569. The molecule has 1 aromatic carbocycles. The predicted octanol–water partition coefficient (Wildman–Crippen LogP) is 2.03. The van der Waals surface area contributed by atoms with Gasteiger partial charge in [-0.25, -0.2) is 13.2 Å². The van der Waals surface area contributed by atoms with Crippen LogP contribution < -0.4 is 5.63 Å². The van der Waals surface area contributed by atoms with Crippen molar-refractivity contribution >= 4 is 30.7 Å². The average Bonchev–Trinajstić information content (AvgIpc) is 2.17. The lowest BCUT2D eigenvalue weighted by Gasteiger charge is -2.02. The number of hydrogen-bond acceptors (Lipinski definition) is 4. The molecule has 0 aliphatic heterocycles. The highest BCUT2D eigenvalue weighted by Crippen LogP contribution is 2.25. The van der Waals surface area contributed by atoms with Gasteiger partial charge in [-0.05, 0) is 25.1 Å². The van der Waals surface area contributed by atoms with Crippen molar-refractivity contribution in [3.63, 3.8) is 0 Å². The minimum Gasteiger partial charge on any atom is -0.422 e. The molecule has 6 heteroatoms. The lowest BCUT2D eigenvalue weighted by Crippen LogP contribution is -2.03. The molecule has 0 saturated carbocycles. The second kappa shape index (κ2) is 3.61. The van der Waals surface area contributed by atoms with Crippen LogP contribution in [0.3, 0.4) is 0 Å². The monoisotopic (exact) mass is 258 g/mol. The summed E-state index contributed by atoms with van der Waals surface area (Å²) in [7, 11) is 1.43. The third-order valence-electron chi connectivity index (χ3n) is 2.17. The molecule has 4 nitrogen and oxygen atoms in total. The van der Waals surface area contributed by atoms with Gasteiger partial charge in [-0.1, -0.05) is 6.07 Å². The first-order valence-electron chi connectivity index (χ1n) is 4.38. The topological polar surface area (TPSA) is 64.3 Å². The SMILES string of the molecule is Cc1cc2c(S(=O)(=O)Cl)cccc2oc1=O. The van der Waals surface area contributed by atoms with E-state index in [4.69, 9.17) is 15.1 Å². The van der Waals surface area contributed by atoms with E-state index >= 15 is 0 Å². The van der Waals surface area contributed by atoms with Gasteiger partial charge in [-0.3, -0.25) is 0 Å². The fourth-order valence-corrected chi connectivity index (χ4v) is 2.49. The highest BCUT2D eigenvalue weighted by Gasteiger charge is 2.15. The Hall–Kier alpha value is -1.33. The van der Waals surface area contributed by atoms with Gasteiger partial charge < -0.3 is 4.42 Å². The van der Waals surface area contributed by atoms with E-state index in [0.717, 1.165) is 0 Å². The summed E-state index contributed by atoms with van der Waals surface area (Å²) in [6, 6.07) is 5.80. The summed E-state index contributed by atoms with van der Waals surface area (Å²) in [6.45, 7) is 1.54. The maximum atomic E-state index is 11.3. The van der Waals surface area contributed by atoms with Crippen LogP contribution in [0.4, 0.5) is 0 Å². The first-order valence-corrected chi connectivity index (χ1v) is 6.68. The summed E-state index contributed by atoms with van der Waals surface area (Å²) in [5, 5.41) is 0.314. The Labute approximate surface area is 95.9 Å². The van der Waals surface area contributed by atoms with Crippen molar-refractivity contribution in [2.75, 3.05) is 0 Å². The molecule has 16 heavy (non-hydrogen) atoms. The van der Waals surface area contributed by atoms with E-state index in [1.165, 1.54) is 24.3 Å². The Bertz CT molecular complexity index is 715. The number of benzene rings is 1. The van der Waals surface area contributed by atoms with Crippen LogP contribution in [0.2, 0.25) is 0 Å². The minimum atomic E-state index is -3.85. The van der Waals surface area contributed by atoms with Crippen LogP contribution in [0.25, 0.3) is 11.0 Å². The van der Waals surface area contributed by atoms with Crippen LogP contribution in [0.15, 0.2) is 38.4 Å². The number of hydrogen-bond donors (Lipinski definition) is 0. The van der Waals surface area contributed by atoms with Gasteiger partial charge in [0.15, 0.2) is 0 Å². The van der Waals surface area contributed by atoms with Crippen molar-refractivity contribution in [3.8, 4) is 0 Å². The summed E-state index contributed by atoms with van der Waals surface area (Å²) in [4.78, 5) is 11.2. The zero-order chi connectivity index (χ0) is 11.9. The normalized spacial score (nSPS) is 11.9. The molecule has 0 aliphatic rings. The average molecular weight is 259 g/mol. The molecule has 0 unspecified atom stereocenters. The van der Waals surface area contributed by atoms with Gasteiger partial charge in [-0.15, -0.1) is 0 Å². The molecule has 0 amide bonds. The van der Waals surface area contributed by atoms with Gasteiger partial charge in [0.05, 0.1) is 4.90 Å². The summed E-state index contributed by atoms with van der Waals surface area (Å²) in [6.07, 6.45) is 0. The zero-order valence-corrected chi connectivity index (χ0v) is 9.80. The Morgan fingerprint density at radius 3 is 2.62 bits per heavy atom. The van der Waals surface area contributed by atoms with Crippen LogP contribution in [-0.2, 0) is 9.05 Å². The summed E-state index contributed by atoms with van der Waals surface area (Å²) in [5.41, 5.74) is 0.0502. The Kier molecular flexibility index (Phi) is 2.52. The van der Waals surface area contributed by atoms with Gasteiger partial charge in [0, 0.05) is 21.6 Å². The molecule has 0 fully saturated rings. The second-order valence-corrected chi connectivity index (χ2v) is 5.86. The Morgan fingerprint density at radius 1 is 1.31 bits per heavy atom. The quantitative estimate of drug-likeness (QED) is 0.580. The van der Waals surface area contributed by atoms with Crippen LogP contribution in [0.5, 0.6) is 0 Å². The highest BCUT2D eigenvalue weighted by atomic mass is 35.7. The molecule has 0 spiro atoms. The van der Waals surface area contributed by atoms with Crippen LogP contribution in [-0.4, -0.2) is 8.42 Å². The van der Waals surface area contributed by atoms with Crippen LogP contribution in [0, 0.1) is 6.92 Å². The van der Waals surface area contributed by atoms with E-state index in [1.54, 1.807) is 6.92 Å². The van der Waals surface area contributed by atoms with Gasteiger partial charge in [0.1, 0.15) is 5.58 Å². The van der Waals surface area contributed by atoms with Crippen molar-refractivity contribution in [1.82, 2.24) is 0 Å². The lowest BCUT2D eigenvalue weighted by atomic mass is 10.2. The molecule has 84 valence electrons. The summed E-state index contributed by atoms with van der Waals surface area (Å²) >= 11 is 0. The van der Waals surface area contributed by atoms with E-state index in [-0.39, 0.29) is 10.5 Å². The molecule has 1 heterocycles. The predicted molar refractivity (Wildman–Crippen MR) is 60.3 cm³/mol. The Morgan fingerprint density at radius 2 is 2.00 bits per heavy atom. The summed E-state index contributed by atoms with van der Waals surface area (Å²) in [5.74, 6) is 0. The van der Waals surface area contributed by atoms with Crippen molar-refractivity contribution in [1.29, 1.82) is 0 Å².